The third-order valence-electron chi connectivity index (χ3n) is 4.17. The maximum Gasteiger partial charge on any atom is 0.0212 e. The largest absolute Gasteiger partial charge is 0.310 e. The summed E-state index contributed by atoms with van der Waals surface area (Å²) in [5.74, 6) is 0. The molecule has 1 aliphatic heterocycles. The van der Waals surface area contributed by atoms with Crippen molar-refractivity contribution in [1.29, 1.82) is 0 Å². The number of nitrogens with zero attached hydrogens (tertiary/aromatic N) is 2. The highest BCUT2D eigenvalue weighted by atomic mass is 15.3. The van der Waals surface area contributed by atoms with Crippen LogP contribution in [0.4, 0.5) is 0 Å². The zero-order chi connectivity index (χ0) is 12.4. The average Bonchev–Trinajstić information content (AvgIpc) is 3.01. The summed E-state index contributed by atoms with van der Waals surface area (Å²) in [4.78, 5) is 4.99. The van der Waals surface area contributed by atoms with Crippen LogP contribution in [-0.4, -0.2) is 61.2 Å². The van der Waals surface area contributed by atoms with E-state index in [1.807, 2.05) is 0 Å². The summed E-state index contributed by atoms with van der Waals surface area (Å²) in [5.41, 5.74) is 0. The SMILES string of the molecule is CC(CCN(C)C)NC1CC(C)N(C2CC2)C1. The van der Waals surface area contributed by atoms with Crippen LogP contribution in [0.25, 0.3) is 0 Å². The molecule has 1 aliphatic carbocycles. The van der Waals surface area contributed by atoms with Crippen LogP contribution in [-0.2, 0) is 0 Å². The van der Waals surface area contributed by atoms with E-state index in [1.54, 1.807) is 0 Å². The molecule has 0 radical (unpaired) electrons. The van der Waals surface area contributed by atoms with Crippen molar-refractivity contribution >= 4 is 0 Å². The lowest BCUT2D eigenvalue weighted by molar-refractivity contribution is 0.253. The van der Waals surface area contributed by atoms with Crippen LogP contribution in [0.15, 0.2) is 0 Å². The Kier molecular flexibility index (Phi) is 4.45. The molecule has 0 aromatic heterocycles. The lowest BCUT2D eigenvalue weighted by Crippen LogP contribution is -2.40. The number of likely N-dealkylation sites (tertiary alicyclic amines) is 1. The molecule has 3 atom stereocenters. The molecule has 1 saturated carbocycles. The highest BCUT2D eigenvalue weighted by molar-refractivity contribution is 4.96. The molecule has 2 aliphatic rings. The van der Waals surface area contributed by atoms with Crippen molar-refractivity contribution in [3.05, 3.63) is 0 Å². The van der Waals surface area contributed by atoms with Gasteiger partial charge in [-0.1, -0.05) is 0 Å². The Balaban J connectivity index is 1.69. The molecule has 3 nitrogen and oxygen atoms in total. The fourth-order valence-corrected chi connectivity index (χ4v) is 3.03. The van der Waals surface area contributed by atoms with Gasteiger partial charge in [-0.2, -0.15) is 0 Å². The van der Waals surface area contributed by atoms with Gasteiger partial charge in [0.2, 0.25) is 0 Å². The van der Waals surface area contributed by atoms with Gasteiger partial charge in [-0.25, -0.2) is 0 Å². The summed E-state index contributed by atoms with van der Waals surface area (Å²) in [6.45, 7) is 7.18. The van der Waals surface area contributed by atoms with Gasteiger partial charge in [0.05, 0.1) is 0 Å². The Hall–Kier alpha value is -0.120. The maximum absolute atomic E-state index is 3.81. The second-order valence-corrected chi connectivity index (χ2v) is 6.37. The van der Waals surface area contributed by atoms with Crippen molar-refractivity contribution in [1.82, 2.24) is 15.1 Å². The predicted molar refractivity (Wildman–Crippen MR) is 73.4 cm³/mol. The third-order valence-corrected chi connectivity index (χ3v) is 4.17. The topological polar surface area (TPSA) is 18.5 Å². The van der Waals surface area contributed by atoms with E-state index in [4.69, 9.17) is 0 Å². The second kappa shape index (κ2) is 5.68. The Morgan fingerprint density at radius 2 is 2.06 bits per heavy atom. The Morgan fingerprint density at radius 1 is 1.35 bits per heavy atom. The average molecular weight is 239 g/mol. The van der Waals surface area contributed by atoms with Gasteiger partial charge >= 0.3 is 0 Å². The van der Waals surface area contributed by atoms with Gasteiger partial charge in [0.15, 0.2) is 0 Å². The lowest BCUT2D eigenvalue weighted by atomic mass is 10.1. The molecule has 0 aromatic rings. The molecule has 0 amide bonds. The summed E-state index contributed by atoms with van der Waals surface area (Å²) < 4.78 is 0. The molecule has 17 heavy (non-hydrogen) atoms. The van der Waals surface area contributed by atoms with Crippen molar-refractivity contribution in [2.75, 3.05) is 27.2 Å². The first kappa shape index (κ1) is 13.3. The summed E-state index contributed by atoms with van der Waals surface area (Å²) in [6, 6.07) is 3.09. The van der Waals surface area contributed by atoms with Crippen molar-refractivity contribution in [3.8, 4) is 0 Å². The summed E-state index contributed by atoms with van der Waals surface area (Å²) in [5, 5.41) is 3.81. The van der Waals surface area contributed by atoms with Crippen LogP contribution in [0.5, 0.6) is 0 Å². The van der Waals surface area contributed by atoms with Crippen LogP contribution < -0.4 is 5.32 Å². The molecule has 3 unspecified atom stereocenters. The molecule has 1 N–H and O–H groups in total. The van der Waals surface area contributed by atoms with Gasteiger partial charge in [-0.15, -0.1) is 0 Å². The zero-order valence-corrected chi connectivity index (χ0v) is 11.9. The number of rotatable bonds is 6. The minimum atomic E-state index is 0.647. The second-order valence-electron chi connectivity index (χ2n) is 6.37. The molecule has 0 aromatic carbocycles. The zero-order valence-electron chi connectivity index (χ0n) is 11.9. The van der Waals surface area contributed by atoms with Crippen molar-refractivity contribution in [3.63, 3.8) is 0 Å². The first-order chi connectivity index (χ1) is 8.06. The van der Waals surface area contributed by atoms with Gasteiger partial charge in [0.25, 0.3) is 0 Å². The maximum atomic E-state index is 3.81. The standard InChI is InChI=1S/C14H29N3/c1-11(7-8-16(3)4)15-13-9-12(2)17(10-13)14-5-6-14/h11-15H,5-10H2,1-4H3. The minimum Gasteiger partial charge on any atom is -0.310 e. The van der Waals surface area contributed by atoms with E-state index in [0.717, 1.165) is 18.1 Å². The predicted octanol–water partition coefficient (Wildman–Crippen LogP) is 1.54. The van der Waals surface area contributed by atoms with E-state index in [2.05, 4.69) is 43.1 Å². The van der Waals surface area contributed by atoms with Crippen LogP contribution in [0.2, 0.25) is 0 Å². The van der Waals surface area contributed by atoms with Crippen LogP contribution >= 0.6 is 0 Å². The van der Waals surface area contributed by atoms with Gasteiger partial charge in [0.1, 0.15) is 0 Å². The first-order valence-electron chi connectivity index (χ1n) is 7.22. The van der Waals surface area contributed by atoms with Crippen LogP contribution in [0.3, 0.4) is 0 Å². The van der Waals surface area contributed by atoms with Crippen molar-refractivity contribution in [2.45, 2.75) is 63.7 Å². The smallest absolute Gasteiger partial charge is 0.0212 e. The fraction of sp³-hybridized carbons (Fsp3) is 1.00. The summed E-state index contributed by atoms with van der Waals surface area (Å²) in [6.07, 6.45) is 5.46. The number of hydrogen-bond donors (Lipinski definition) is 1. The molecule has 0 bridgehead atoms. The number of nitrogens with one attached hydrogen (secondary N) is 1. The van der Waals surface area contributed by atoms with Gasteiger partial charge in [-0.3, -0.25) is 4.90 Å². The fourth-order valence-electron chi connectivity index (χ4n) is 3.03. The Bertz CT molecular complexity index is 238. The number of hydrogen-bond acceptors (Lipinski definition) is 3. The third kappa shape index (κ3) is 3.94. The van der Waals surface area contributed by atoms with Gasteiger partial charge in [-0.05, 0) is 60.2 Å². The van der Waals surface area contributed by atoms with Crippen LogP contribution in [0.1, 0.15) is 39.5 Å². The normalized spacial score (nSPS) is 32.3. The highest BCUT2D eigenvalue weighted by Gasteiger charge is 2.38. The van der Waals surface area contributed by atoms with Gasteiger partial charge in [0, 0.05) is 30.7 Å². The molecule has 1 saturated heterocycles. The lowest BCUT2D eigenvalue weighted by Gasteiger charge is -2.22. The molecule has 0 spiro atoms. The van der Waals surface area contributed by atoms with E-state index in [-0.39, 0.29) is 0 Å². The van der Waals surface area contributed by atoms with E-state index in [9.17, 15) is 0 Å². The molecule has 2 fully saturated rings. The summed E-state index contributed by atoms with van der Waals surface area (Å²) >= 11 is 0. The molecular formula is C14H29N3. The van der Waals surface area contributed by atoms with E-state index in [1.165, 1.54) is 38.8 Å². The van der Waals surface area contributed by atoms with Gasteiger partial charge < -0.3 is 10.2 Å². The molecular weight excluding hydrogens is 210 g/mol. The van der Waals surface area contributed by atoms with E-state index < -0.39 is 0 Å². The monoisotopic (exact) mass is 239 g/mol. The first-order valence-corrected chi connectivity index (χ1v) is 7.22. The van der Waals surface area contributed by atoms with E-state index in [0.29, 0.717) is 6.04 Å². The van der Waals surface area contributed by atoms with E-state index >= 15 is 0 Å². The molecule has 3 heteroatoms. The van der Waals surface area contributed by atoms with Crippen LogP contribution in [0, 0.1) is 0 Å². The molecule has 100 valence electrons. The Labute approximate surface area is 107 Å². The Morgan fingerprint density at radius 3 is 2.65 bits per heavy atom. The van der Waals surface area contributed by atoms with Crippen molar-refractivity contribution in [2.24, 2.45) is 0 Å². The molecule has 2 rings (SSSR count). The minimum absolute atomic E-state index is 0.647. The summed E-state index contributed by atoms with van der Waals surface area (Å²) in [7, 11) is 4.30. The highest BCUT2D eigenvalue weighted by Crippen LogP contribution is 2.33. The molecule has 1 heterocycles. The van der Waals surface area contributed by atoms with Crippen molar-refractivity contribution < 1.29 is 0 Å². The quantitative estimate of drug-likeness (QED) is 0.758.